The van der Waals surface area contributed by atoms with E-state index in [1.165, 1.54) is 35.3 Å². The van der Waals surface area contributed by atoms with E-state index in [0.29, 0.717) is 12.3 Å². The zero-order chi connectivity index (χ0) is 20.1. The molecule has 1 atom stereocenters. The average Bonchev–Trinajstić information content (AvgIpc) is 2.90. The Bertz CT molecular complexity index is 788. The van der Waals surface area contributed by atoms with Gasteiger partial charge in [-0.2, -0.15) is 0 Å². The van der Waals surface area contributed by atoms with Crippen LogP contribution < -0.4 is 4.90 Å². The highest BCUT2D eigenvalue weighted by molar-refractivity contribution is 5.71. The van der Waals surface area contributed by atoms with Crippen molar-refractivity contribution in [2.45, 2.75) is 44.9 Å². The number of likely N-dealkylation sites (tertiary alicyclic amines) is 1. The summed E-state index contributed by atoms with van der Waals surface area (Å²) in [7, 11) is 0. The Kier molecular flexibility index (Phi) is 6.50. The zero-order valence-electron chi connectivity index (χ0n) is 17.2. The Morgan fingerprint density at radius 2 is 1.62 bits per heavy atom. The highest BCUT2D eigenvalue weighted by atomic mass is 16.4. The number of carboxylic acids is 1. The van der Waals surface area contributed by atoms with Gasteiger partial charge >= 0.3 is 5.97 Å². The van der Waals surface area contributed by atoms with E-state index in [1.807, 2.05) is 0 Å². The summed E-state index contributed by atoms with van der Waals surface area (Å²) in [5, 5.41) is 8.96. The number of carbonyl (C=O) groups is 1. The molecular weight excluding hydrogens is 360 g/mol. The van der Waals surface area contributed by atoms with E-state index in [0.717, 1.165) is 51.9 Å². The van der Waals surface area contributed by atoms with Gasteiger partial charge in [0.2, 0.25) is 0 Å². The van der Waals surface area contributed by atoms with Crippen LogP contribution in [0.3, 0.4) is 0 Å². The van der Waals surface area contributed by atoms with Crippen LogP contribution in [0.4, 0.5) is 11.4 Å². The minimum Gasteiger partial charge on any atom is -0.481 e. The maximum absolute atomic E-state index is 10.9. The van der Waals surface area contributed by atoms with Gasteiger partial charge in [-0.05, 0) is 80.8 Å². The molecule has 0 bridgehead atoms. The molecule has 0 aliphatic carbocycles. The van der Waals surface area contributed by atoms with Crippen LogP contribution in [0.2, 0.25) is 0 Å². The van der Waals surface area contributed by atoms with Gasteiger partial charge in [-0.3, -0.25) is 4.79 Å². The van der Waals surface area contributed by atoms with Crippen LogP contribution in [-0.4, -0.2) is 42.2 Å². The summed E-state index contributed by atoms with van der Waals surface area (Å²) in [5.74, 6) is -0.125. The van der Waals surface area contributed by atoms with Crippen molar-refractivity contribution < 1.29 is 9.90 Å². The first-order valence-electron chi connectivity index (χ1n) is 11.1. The fourth-order valence-corrected chi connectivity index (χ4v) is 4.98. The van der Waals surface area contributed by atoms with Crippen LogP contribution in [0.1, 0.15) is 43.2 Å². The summed E-state index contributed by atoms with van der Waals surface area (Å²) in [6.45, 7) is 4.31. The molecule has 0 saturated carbocycles. The molecule has 2 aliphatic rings. The van der Waals surface area contributed by atoms with E-state index in [2.05, 4.69) is 58.3 Å². The minimum absolute atomic E-state index is 0.305. The third-order valence-electron chi connectivity index (χ3n) is 6.45. The standard InChI is InChI=1S/C25H32N2O2/c28-25(29)15-12-20-7-5-16-26(19-20)17-6-18-27-23-10-3-1-8-21(23)13-14-22-9-2-4-11-24(22)27/h1-4,8-11,20H,5-7,12-19H2,(H,28,29). The van der Waals surface area contributed by atoms with E-state index >= 15 is 0 Å². The van der Waals surface area contributed by atoms with Crippen molar-refractivity contribution >= 4 is 17.3 Å². The van der Waals surface area contributed by atoms with Crippen molar-refractivity contribution in [2.24, 2.45) is 5.92 Å². The first kappa shape index (κ1) is 20.0. The van der Waals surface area contributed by atoms with Crippen LogP contribution in [0, 0.1) is 5.92 Å². The Labute approximate surface area is 174 Å². The fourth-order valence-electron chi connectivity index (χ4n) is 4.98. The topological polar surface area (TPSA) is 43.8 Å². The Hall–Kier alpha value is -2.33. The largest absolute Gasteiger partial charge is 0.481 e. The molecule has 154 valence electrons. The van der Waals surface area contributed by atoms with Gasteiger partial charge in [-0.15, -0.1) is 0 Å². The molecule has 2 aromatic carbocycles. The SMILES string of the molecule is O=C(O)CCC1CCCN(CCCN2c3ccccc3CCc3ccccc32)C1. The van der Waals surface area contributed by atoms with Gasteiger partial charge in [0.1, 0.15) is 0 Å². The number of carboxylic acid groups (broad SMARTS) is 1. The van der Waals surface area contributed by atoms with Gasteiger partial charge < -0.3 is 14.9 Å². The number of hydrogen-bond acceptors (Lipinski definition) is 3. The molecule has 2 aromatic rings. The molecule has 0 aromatic heterocycles. The van der Waals surface area contributed by atoms with Crippen LogP contribution in [0.15, 0.2) is 48.5 Å². The number of piperidine rings is 1. The Balaban J connectivity index is 1.40. The molecule has 0 amide bonds. The number of aliphatic carboxylic acids is 1. The molecule has 2 heterocycles. The van der Waals surface area contributed by atoms with E-state index < -0.39 is 5.97 Å². The van der Waals surface area contributed by atoms with Crippen molar-refractivity contribution in [1.29, 1.82) is 0 Å². The van der Waals surface area contributed by atoms with Crippen LogP contribution in [-0.2, 0) is 17.6 Å². The van der Waals surface area contributed by atoms with Gasteiger partial charge in [0.05, 0.1) is 0 Å². The highest BCUT2D eigenvalue weighted by Crippen LogP contribution is 2.36. The van der Waals surface area contributed by atoms with Crippen molar-refractivity contribution in [3.8, 4) is 0 Å². The van der Waals surface area contributed by atoms with Gasteiger partial charge in [0.25, 0.3) is 0 Å². The third kappa shape index (κ3) is 4.99. The molecule has 0 spiro atoms. The molecular formula is C25H32N2O2. The number of aryl methyl sites for hydroxylation is 2. The quantitative estimate of drug-likeness (QED) is 0.729. The number of para-hydroxylation sites is 2. The van der Waals surface area contributed by atoms with Crippen molar-refractivity contribution in [2.75, 3.05) is 31.1 Å². The van der Waals surface area contributed by atoms with Gasteiger partial charge in [0, 0.05) is 30.9 Å². The summed E-state index contributed by atoms with van der Waals surface area (Å²) < 4.78 is 0. The van der Waals surface area contributed by atoms with Crippen LogP contribution in [0.25, 0.3) is 0 Å². The first-order chi connectivity index (χ1) is 14.2. The summed E-state index contributed by atoms with van der Waals surface area (Å²) in [6, 6.07) is 17.7. The van der Waals surface area contributed by atoms with E-state index in [1.54, 1.807) is 0 Å². The lowest BCUT2D eigenvalue weighted by Crippen LogP contribution is -2.37. The normalized spacial score (nSPS) is 19.3. The van der Waals surface area contributed by atoms with Gasteiger partial charge in [-0.25, -0.2) is 0 Å². The van der Waals surface area contributed by atoms with E-state index in [9.17, 15) is 4.79 Å². The molecule has 1 saturated heterocycles. The zero-order valence-corrected chi connectivity index (χ0v) is 17.2. The molecule has 4 rings (SSSR count). The summed E-state index contributed by atoms with van der Waals surface area (Å²) in [6.07, 6.45) is 6.81. The molecule has 1 N–H and O–H groups in total. The average molecular weight is 393 g/mol. The molecule has 0 radical (unpaired) electrons. The lowest BCUT2D eigenvalue weighted by molar-refractivity contribution is -0.137. The first-order valence-corrected chi connectivity index (χ1v) is 11.1. The molecule has 1 fully saturated rings. The number of fused-ring (bicyclic) bond motifs is 2. The molecule has 1 unspecified atom stereocenters. The van der Waals surface area contributed by atoms with Gasteiger partial charge in [-0.1, -0.05) is 36.4 Å². The molecule has 2 aliphatic heterocycles. The van der Waals surface area contributed by atoms with Crippen molar-refractivity contribution in [3.05, 3.63) is 59.7 Å². The Morgan fingerprint density at radius 1 is 0.966 bits per heavy atom. The number of hydrogen-bond donors (Lipinski definition) is 1. The van der Waals surface area contributed by atoms with Crippen LogP contribution >= 0.6 is 0 Å². The molecule has 29 heavy (non-hydrogen) atoms. The second-order valence-corrected chi connectivity index (χ2v) is 8.50. The minimum atomic E-state index is -0.666. The monoisotopic (exact) mass is 392 g/mol. The van der Waals surface area contributed by atoms with Crippen molar-refractivity contribution in [1.82, 2.24) is 4.90 Å². The van der Waals surface area contributed by atoms with Gasteiger partial charge in [0.15, 0.2) is 0 Å². The predicted octanol–water partition coefficient (Wildman–Crippen LogP) is 4.89. The predicted molar refractivity (Wildman–Crippen MR) is 118 cm³/mol. The number of anilines is 2. The second kappa shape index (κ2) is 9.45. The van der Waals surface area contributed by atoms with Crippen molar-refractivity contribution in [3.63, 3.8) is 0 Å². The summed E-state index contributed by atoms with van der Waals surface area (Å²) >= 11 is 0. The summed E-state index contributed by atoms with van der Waals surface area (Å²) in [5.41, 5.74) is 5.59. The fraction of sp³-hybridized carbons (Fsp3) is 0.480. The molecule has 4 heteroatoms. The maximum Gasteiger partial charge on any atom is 0.303 e. The highest BCUT2D eigenvalue weighted by Gasteiger charge is 2.22. The summed E-state index contributed by atoms with van der Waals surface area (Å²) in [4.78, 5) is 15.9. The number of rotatable bonds is 7. The second-order valence-electron chi connectivity index (χ2n) is 8.50. The number of benzene rings is 2. The maximum atomic E-state index is 10.9. The smallest absolute Gasteiger partial charge is 0.303 e. The Morgan fingerprint density at radius 3 is 2.28 bits per heavy atom. The third-order valence-corrected chi connectivity index (χ3v) is 6.45. The van der Waals surface area contributed by atoms with E-state index in [-0.39, 0.29) is 0 Å². The molecule has 4 nitrogen and oxygen atoms in total. The number of nitrogens with zero attached hydrogens (tertiary/aromatic N) is 2. The lowest BCUT2D eigenvalue weighted by atomic mass is 9.93. The van der Waals surface area contributed by atoms with Crippen LogP contribution in [0.5, 0.6) is 0 Å². The lowest BCUT2D eigenvalue weighted by Gasteiger charge is -2.33. The van der Waals surface area contributed by atoms with E-state index in [4.69, 9.17) is 5.11 Å².